The van der Waals surface area contributed by atoms with Gasteiger partial charge in [-0.25, -0.2) is 0 Å². The molecular weight excluding hydrogens is 475 g/mol. The van der Waals surface area contributed by atoms with E-state index in [4.69, 9.17) is 16.3 Å². The second-order valence-corrected chi connectivity index (χ2v) is 9.29. The fourth-order valence-corrected chi connectivity index (χ4v) is 4.07. The number of rotatable bonds is 6. The van der Waals surface area contributed by atoms with Crippen LogP contribution in [0.4, 0.5) is 18.9 Å². The number of hydrogen-bond acceptors (Lipinski definition) is 3. The highest BCUT2D eigenvalue weighted by molar-refractivity contribution is 7.93. The van der Waals surface area contributed by atoms with E-state index in [-0.39, 0.29) is 12.3 Å². The topological polar surface area (TPSA) is 55.4 Å². The summed E-state index contributed by atoms with van der Waals surface area (Å²) in [5.41, 5.74) is -2.82. The van der Waals surface area contributed by atoms with E-state index < -0.39 is 15.5 Å². The van der Waals surface area contributed by atoms with E-state index in [2.05, 4.69) is 0 Å². The van der Waals surface area contributed by atoms with Crippen molar-refractivity contribution >= 4 is 38.1 Å². The molecule has 0 unspecified atom stereocenters. The monoisotopic (exact) mass is 491 g/mol. The van der Waals surface area contributed by atoms with Gasteiger partial charge in [0.15, 0.2) is 0 Å². The average Bonchev–Trinajstić information content (AvgIpc) is 2.77. The minimum atomic E-state index is -5.50. The van der Waals surface area contributed by atoms with Gasteiger partial charge in [0.2, 0.25) is 0 Å². The average molecular weight is 492 g/mol. The molecule has 0 aliphatic rings. The number of anilines is 1. The summed E-state index contributed by atoms with van der Waals surface area (Å²) in [5, 5.41) is 1.67. The normalized spacial score (nSPS) is 12.0. The summed E-state index contributed by atoms with van der Waals surface area (Å²) in [5.74, 6) is 0.487. The van der Waals surface area contributed by atoms with Crippen molar-refractivity contribution in [2.75, 3.05) is 4.72 Å². The van der Waals surface area contributed by atoms with Crippen molar-refractivity contribution in [2.24, 2.45) is 0 Å². The lowest BCUT2D eigenvalue weighted by molar-refractivity contribution is -0.0429. The highest BCUT2D eigenvalue weighted by atomic mass is 35.5. The van der Waals surface area contributed by atoms with Gasteiger partial charge >= 0.3 is 15.5 Å². The SMILES string of the molecule is O=S(=O)(Nc1ccc2c(OCc3ccc(-c4ccccc4)cc3Cl)cccc2c1)C(F)(F)F. The van der Waals surface area contributed by atoms with Gasteiger partial charge in [0.25, 0.3) is 0 Å². The molecule has 4 aromatic rings. The Labute approximate surface area is 193 Å². The molecular formula is C24H17ClF3NO3S. The molecule has 4 nitrogen and oxygen atoms in total. The quantitative estimate of drug-likeness (QED) is 0.316. The second kappa shape index (κ2) is 8.96. The maximum Gasteiger partial charge on any atom is 0.516 e. The van der Waals surface area contributed by atoms with Crippen molar-refractivity contribution in [1.82, 2.24) is 0 Å². The van der Waals surface area contributed by atoms with Crippen molar-refractivity contribution < 1.29 is 26.3 Å². The molecule has 1 N–H and O–H groups in total. The van der Waals surface area contributed by atoms with Crippen molar-refractivity contribution in [3.8, 4) is 16.9 Å². The molecule has 0 atom stereocenters. The Balaban J connectivity index is 1.54. The van der Waals surface area contributed by atoms with Crippen LogP contribution in [0.25, 0.3) is 21.9 Å². The maximum absolute atomic E-state index is 12.6. The molecule has 170 valence electrons. The number of alkyl halides is 3. The van der Waals surface area contributed by atoms with Crippen molar-refractivity contribution in [1.29, 1.82) is 0 Å². The minimum Gasteiger partial charge on any atom is -0.488 e. The third-order valence-corrected chi connectivity index (χ3v) is 6.41. The van der Waals surface area contributed by atoms with E-state index >= 15 is 0 Å². The fourth-order valence-electron chi connectivity index (χ4n) is 3.29. The number of sulfonamides is 1. The molecule has 33 heavy (non-hydrogen) atoms. The van der Waals surface area contributed by atoms with Gasteiger partial charge < -0.3 is 4.74 Å². The van der Waals surface area contributed by atoms with E-state index in [1.54, 1.807) is 22.9 Å². The van der Waals surface area contributed by atoms with Gasteiger partial charge in [0, 0.05) is 21.7 Å². The number of ether oxygens (including phenoxy) is 1. The molecule has 0 spiro atoms. The lowest BCUT2D eigenvalue weighted by Crippen LogP contribution is -2.29. The van der Waals surface area contributed by atoms with Crippen LogP contribution in [0.5, 0.6) is 5.75 Å². The predicted octanol–water partition coefficient (Wildman–Crippen LogP) is 7.00. The number of halogens is 4. The first-order valence-electron chi connectivity index (χ1n) is 9.72. The van der Waals surface area contributed by atoms with Crippen LogP contribution in [0.1, 0.15) is 5.56 Å². The molecule has 0 saturated carbocycles. The Hall–Kier alpha value is -3.23. The molecule has 0 aromatic heterocycles. The summed E-state index contributed by atoms with van der Waals surface area (Å²) in [7, 11) is -5.50. The Morgan fingerprint density at radius 1 is 0.848 bits per heavy atom. The van der Waals surface area contributed by atoms with E-state index in [0.717, 1.165) is 16.7 Å². The lowest BCUT2D eigenvalue weighted by atomic mass is 10.0. The zero-order valence-corrected chi connectivity index (χ0v) is 18.5. The third-order valence-electron chi connectivity index (χ3n) is 4.94. The summed E-state index contributed by atoms with van der Waals surface area (Å²) in [6.45, 7) is 0.176. The number of benzene rings is 4. The minimum absolute atomic E-state index is 0.176. The second-order valence-electron chi connectivity index (χ2n) is 7.20. The van der Waals surface area contributed by atoms with E-state index in [1.165, 1.54) is 18.2 Å². The molecule has 0 amide bonds. The van der Waals surface area contributed by atoms with Crippen molar-refractivity contribution in [3.63, 3.8) is 0 Å². The first kappa shape index (κ1) is 22.9. The lowest BCUT2D eigenvalue weighted by Gasteiger charge is -2.13. The van der Waals surface area contributed by atoms with Crippen molar-refractivity contribution in [3.05, 3.63) is 95.5 Å². The zero-order chi connectivity index (χ0) is 23.6. The van der Waals surface area contributed by atoms with E-state index in [9.17, 15) is 21.6 Å². The molecule has 0 fully saturated rings. The maximum atomic E-state index is 12.6. The van der Waals surface area contributed by atoms with Crippen LogP contribution >= 0.6 is 11.6 Å². The summed E-state index contributed by atoms with van der Waals surface area (Å²) < 4.78 is 68.1. The summed E-state index contributed by atoms with van der Waals surface area (Å²) in [4.78, 5) is 0. The fraction of sp³-hybridized carbons (Fsp3) is 0.0833. The van der Waals surface area contributed by atoms with Crippen LogP contribution < -0.4 is 9.46 Å². The molecule has 0 aliphatic heterocycles. The molecule has 0 radical (unpaired) electrons. The predicted molar refractivity (Wildman–Crippen MR) is 124 cm³/mol. The van der Waals surface area contributed by atoms with Gasteiger partial charge in [-0.05, 0) is 46.8 Å². The summed E-state index contributed by atoms with van der Waals surface area (Å²) in [6.07, 6.45) is 0. The first-order chi connectivity index (χ1) is 15.6. The van der Waals surface area contributed by atoms with Crippen LogP contribution in [0.3, 0.4) is 0 Å². The van der Waals surface area contributed by atoms with Gasteiger partial charge in [-0.15, -0.1) is 0 Å². The third kappa shape index (κ3) is 5.07. The standard InChI is InChI=1S/C24H17ClF3NO3S/c25-22-14-17(16-5-2-1-3-6-16)9-10-19(22)15-32-23-8-4-7-18-13-20(11-12-21(18)23)29-33(30,31)24(26,27)28/h1-14,29H,15H2. The number of hydrogen-bond donors (Lipinski definition) is 1. The van der Waals surface area contributed by atoms with Gasteiger partial charge in [0.05, 0.1) is 0 Å². The van der Waals surface area contributed by atoms with Crippen molar-refractivity contribution in [2.45, 2.75) is 12.1 Å². The molecule has 9 heteroatoms. The van der Waals surface area contributed by atoms with Crippen LogP contribution in [0, 0.1) is 0 Å². The Morgan fingerprint density at radius 3 is 2.30 bits per heavy atom. The van der Waals surface area contributed by atoms with E-state index in [0.29, 0.717) is 21.5 Å². The highest BCUT2D eigenvalue weighted by Gasteiger charge is 2.46. The highest BCUT2D eigenvalue weighted by Crippen LogP contribution is 2.32. The summed E-state index contributed by atoms with van der Waals surface area (Å²) in [6, 6.07) is 24.6. The Bertz CT molecular complexity index is 1410. The Morgan fingerprint density at radius 2 is 1.61 bits per heavy atom. The number of nitrogens with one attached hydrogen (secondary N) is 1. The van der Waals surface area contributed by atoms with Crippen LogP contribution in [-0.2, 0) is 16.6 Å². The van der Waals surface area contributed by atoms with Crippen LogP contribution in [0.2, 0.25) is 5.02 Å². The molecule has 4 rings (SSSR count). The zero-order valence-electron chi connectivity index (χ0n) is 16.9. The molecule has 0 aliphatic carbocycles. The molecule has 0 saturated heterocycles. The van der Waals surface area contributed by atoms with Gasteiger partial charge in [-0.3, -0.25) is 4.72 Å². The van der Waals surface area contributed by atoms with Crippen LogP contribution in [0.15, 0.2) is 84.9 Å². The smallest absolute Gasteiger partial charge is 0.488 e. The number of fused-ring (bicyclic) bond motifs is 1. The largest absolute Gasteiger partial charge is 0.516 e. The van der Waals surface area contributed by atoms with Gasteiger partial charge in [-0.2, -0.15) is 21.6 Å². The Kier molecular flexibility index (Phi) is 6.23. The molecule has 0 heterocycles. The van der Waals surface area contributed by atoms with Gasteiger partial charge in [-0.1, -0.05) is 66.2 Å². The molecule has 4 aromatic carbocycles. The van der Waals surface area contributed by atoms with E-state index in [1.807, 2.05) is 48.5 Å². The van der Waals surface area contributed by atoms with Crippen LogP contribution in [-0.4, -0.2) is 13.9 Å². The first-order valence-corrected chi connectivity index (χ1v) is 11.6. The van der Waals surface area contributed by atoms with Gasteiger partial charge in [0.1, 0.15) is 12.4 Å². The summed E-state index contributed by atoms with van der Waals surface area (Å²) >= 11 is 6.45. The molecule has 0 bridgehead atoms.